The van der Waals surface area contributed by atoms with Crippen LogP contribution < -0.4 is 10.2 Å². The van der Waals surface area contributed by atoms with Crippen molar-refractivity contribution in [2.45, 2.75) is 18.9 Å². The summed E-state index contributed by atoms with van der Waals surface area (Å²) in [4.78, 5) is 5.83. The molecule has 0 amide bonds. The molecular formula is C23H25FN4S. The van der Waals surface area contributed by atoms with E-state index in [1.807, 2.05) is 30.9 Å². The predicted octanol–water partition coefficient (Wildman–Crippen LogP) is 4.49. The molecule has 0 atom stereocenters. The molecule has 0 unspecified atom stereocenters. The first-order valence-corrected chi connectivity index (χ1v) is 10.9. The zero-order valence-electron chi connectivity index (χ0n) is 16.8. The second-order valence-corrected chi connectivity index (χ2v) is 8.57. The number of nitriles is 1. The summed E-state index contributed by atoms with van der Waals surface area (Å²) in [5.74, 6) is 0.438. The lowest BCUT2D eigenvalue weighted by Gasteiger charge is -2.35. The highest BCUT2D eigenvalue weighted by Gasteiger charge is 2.25. The summed E-state index contributed by atoms with van der Waals surface area (Å²) in [6.07, 6.45) is 4.39. The van der Waals surface area contributed by atoms with Crippen LogP contribution in [0.25, 0.3) is 16.0 Å². The van der Waals surface area contributed by atoms with Crippen molar-refractivity contribution in [1.29, 1.82) is 5.26 Å². The van der Waals surface area contributed by atoms with Crippen LogP contribution in [-0.4, -0.2) is 44.0 Å². The van der Waals surface area contributed by atoms with Crippen LogP contribution in [-0.2, 0) is 0 Å². The molecule has 0 aromatic heterocycles. The molecule has 2 aliphatic rings. The van der Waals surface area contributed by atoms with Gasteiger partial charge in [0.15, 0.2) is 0 Å². The van der Waals surface area contributed by atoms with Gasteiger partial charge in [-0.2, -0.15) is 5.26 Å². The van der Waals surface area contributed by atoms with E-state index in [1.54, 1.807) is 6.07 Å². The van der Waals surface area contributed by atoms with Crippen molar-refractivity contribution in [2.24, 2.45) is 0 Å². The Morgan fingerprint density at radius 1 is 1.21 bits per heavy atom. The van der Waals surface area contributed by atoms with E-state index >= 15 is 0 Å². The summed E-state index contributed by atoms with van der Waals surface area (Å²) in [5, 5.41) is 12.5. The van der Waals surface area contributed by atoms with Crippen LogP contribution >= 0.6 is 11.8 Å². The Morgan fingerprint density at radius 2 is 2.00 bits per heavy atom. The minimum absolute atomic E-state index is 0.0785. The third-order valence-corrected chi connectivity index (χ3v) is 6.85. The number of rotatable bonds is 4. The maximum atomic E-state index is 14.4. The van der Waals surface area contributed by atoms with Gasteiger partial charge in [-0.1, -0.05) is 18.2 Å². The molecule has 0 saturated carbocycles. The van der Waals surface area contributed by atoms with Crippen molar-refractivity contribution in [2.75, 3.05) is 38.0 Å². The molecule has 0 bridgehead atoms. The first-order chi connectivity index (χ1) is 14.1. The second kappa shape index (κ2) is 8.48. The number of benzene rings is 2. The maximum absolute atomic E-state index is 14.4. The van der Waals surface area contributed by atoms with Crippen LogP contribution in [0.4, 0.5) is 10.1 Å². The van der Waals surface area contributed by atoms with Gasteiger partial charge in [0.2, 0.25) is 0 Å². The van der Waals surface area contributed by atoms with Crippen LogP contribution in [0.3, 0.4) is 0 Å². The van der Waals surface area contributed by atoms with Crippen molar-refractivity contribution in [3.8, 4) is 17.2 Å². The molecule has 0 aliphatic carbocycles. The summed E-state index contributed by atoms with van der Waals surface area (Å²) in [5.41, 5.74) is 4.26. The van der Waals surface area contributed by atoms with Crippen LogP contribution in [0.5, 0.6) is 0 Å². The fraction of sp³-hybridized carbons (Fsp3) is 0.348. The number of thioether (sulfide) groups is 1. The van der Waals surface area contributed by atoms with Gasteiger partial charge < -0.3 is 15.1 Å². The quantitative estimate of drug-likeness (QED) is 0.808. The number of nitrogens with zero attached hydrogens (tertiary/aromatic N) is 3. The van der Waals surface area contributed by atoms with Gasteiger partial charge in [0.05, 0.1) is 11.4 Å². The van der Waals surface area contributed by atoms with E-state index in [4.69, 9.17) is 5.26 Å². The molecule has 4 nitrogen and oxygen atoms in total. The third-order valence-electron chi connectivity index (χ3n) is 5.69. The lowest BCUT2D eigenvalue weighted by atomic mass is 9.95. The van der Waals surface area contributed by atoms with Crippen LogP contribution in [0.15, 0.2) is 42.6 Å². The van der Waals surface area contributed by atoms with Crippen LogP contribution in [0, 0.1) is 17.1 Å². The minimum Gasteiger partial charge on any atom is -0.371 e. The molecule has 1 fully saturated rings. The molecule has 0 spiro atoms. The average molecular weight is 409 g/mol. The lowest BCUT2D eigenvalue weighted by molar-refractivity contribution is 0.442. The molecule has 6 heteroatoms. The van der Waals surface area contributed by atoms with Crippen LogP contribution in [0.2, 0.25) is 0 Å². The van der Waals surface area contributed by atoms with E-state index in [-0.39, 0.29) is 5.56 Å². The summed E-state index contributed by atoms with van der Waals surface area (Å²) in [6, 6.07) is 13.7. The zero-order valence-corrected chi connectivity index (χ0v) is 17.6. The molecule has 4 rings (SSSR count). The second-order valence-electron chi connectivity index (χ2n) is 7.58. The standard InChI is InChI=1S/C23H25FN4S/c1-26-18-8-10-28(11-9-18)21-5-3-4-19(23(21)22-14-27(2)15-29-22)16-6-7-17(13-25)20(24)12-16/h3-7,12,14,18,26H,8-11,15H2,1-2H3. The Labute approximate surface area is 176 Å². The van der Waals surface area contributed by atoms with E-state index in [1.165, 1.54) is 16.7 Å². The Kier molecular flexibility index (Phi) is 5.79. The predicted molar refractivity (Wildman–Crippen MR) is 119 cm³/mol. The van der Waals surface area contributed by atoms with E-state index in [9.17, 15) is 4.39 Å². The zero-order chi connectivity index (χ0) is 20.4. The molecule has 2 aromatic rings. The number of anilines is 1. The largest absolute Gasteiger partial charge is 0.371 e. The van der Waals surface area contributed by atoms with Crippen LogP contribution in [0.1, 0.15) is 24.0 Å². The van der Waals surface area contributed by atoms with Gasteiger partial charge in [0.25, 0.3) is 0 Å². The first-order valence-electron chi connectivity index (χ1n) is 9.91. The highest BCUT2D eigenvalue weighted by molar-refractivity contribution is 8.08. The van der Waals surface area contributed by atoms with Crippen molar-refractivity contribution >= 4 is 22.4 Å². The van der Waals surface area contributed by atoms with Gasteiger partial charge >= 0.3 is 0 Å². The SMILES string of the molecule is CNC1CCN(c2cccc(-c3ccc(C#N)c(F)c3)c2C2=CN(C)CS2)CC1. The Morgan fingerprint density at radius 3 is 2.62 bits per heavy atom. The molecule has 29 heavy (non-hydrogen) atoms. The number of hydrogen-bond acceptors (Lipinski definition) is 5. The van der Waals surface area contributed by atoms with Gasteiger partial charge in [0.1, 0.15) is 11.9 Å². The number of hydrogen-bond donors (Lipinski definition) is 1. The molecule has 2 heterocycles. The molecule has 0 radical (unpaired) electrons. The minimum atomic E-state index is -0.471. The van der Waals surface area contributed by atoms with E-state index in [0.717, 1.165) is 48.5 Å². The van der Waals surface area contributed by atoms with E-state index in [0.29, 0.717) is 6.04 Å². The summed E-state index contributed by atoms with van der Waals surface area (Å²) >= 11 is 1.81. The van der Waals surface area contributed by atoms with Gasteiger partial charge in [-0.25, -0.2) is 4.39 Å². The Bertz CT molecular complexity index is 973. The fourth-order valence-corrected chi connectivity index (χ4v) is 5.10. The number of halogens is 1. The average Bonchev–Trinajstić information content (AvgIpc) is 3.19. The van der Waals surface area contributed by atoms with Crippen molar-refractivity contribution in [3.63, 3.8) is 0 Å². The number of piperidine rings is 1. The molecule has 2 aliphatic heterocycles. The third kappa shape index (κ3) is 3.98. The smallest absolute Gasteiger partial charge is 0.141 e. The Hall–Kier alpha value is -2.49. The highest BCUT2D eigenvalue weighted by Crippen LogP contribution is 2.44. The Balaban J connectivity index is 1.81. The van der Waals surface area contributed by atoms with Gasteiger partial charge in [-0.15, -0.1) is 11.8 Å². The van der Waals surface area contributed by atoms with Crippen molar-refractivity contribution in [1.82, 2.24) is 10.2 Å². The normalized spacial score (nSPS) is 17.4. The molecule has 1 N–H and O–H groups in total. The monoisotopic (exact) mass is 408 g/mol. The molecule has 150 valence electrons. The van der Waals surface area contributed by atoms with Crippen molar-refractivity contribution < 1.29 is 4.39 Å². The first kappa shape index (κ1) is 19.8. The highest BCUT2D eigenvalue weighted by atomic mass is 32.2. The van der Waals surface area contributed by atoms with E-state index in [2.05, 4.69) is 46.6 Å². The van der Waals surface area contributed by atoms with Crippen molar-refractivity contribution in [3.05, 3.63) is 59.5 Å². The molecule has 1 saturated heterocycles. The van der Waals surface area contributed by atoms with E-state index < -0.39 is 5.82 Å². The maximum Gasteiger partial charge on any atom is 0.141 e. The summed E-state index contributed by atoms with van der Waals surface area (Å²) in [7, 11) is 4.10. The summed E-state index contributed by atoms with van der Waals surface area (Å²) in [6.45, 7) is 1.99. The van der Waals surface area contributed by atoms with Gasteiger partial charge in [-0.05, 0) is 49.2 Å². The lowest BCUT2D eigenvalue weighted by Crippen LogP contribution is -2.41. The summed E-state index contributed by atoms with van der Waals surface area (Å²) < 4.78 is 14.4. The van der Waals surface area contributed by atoms with Gasteiger partial charge in [-0.3, -0.25) is 0 Å². The van der Waals surface area contributed by atoms with Gasteiger partial charge in [0, 0.05) is 48.5 Å². The molecule has 2 aromatic carbocycles. The number of nitrogens with one attached hydrogen (secondary N) is 1. The topological polar surface area (TPSA) is 42.3 Å². The fourth-order valence-electron chi connectivity index (χ4n) is 4.07. The molecular weight excluding hydrogens is 383 g/mol.